The molecule has 2 aromatic rings. The Labute approximate surface area is 148 Å². The fourth-order valence-corrected chi connectivity index (χ4v) is 4.02. The van der Waals surface area contributed by atoms with E-state index < -0.39 is 0 Å². The number of likely N-dealkylation sites (tertiary alicyclic amines) is 1. The average molecular weight is 341 g/mol. The van der Waals surface area contributed by atoms with Gasteiger partial charge in [-0.25, -0.2) is 4.98 Å². The van der Waals surface area contributed by atoms with Crippen molar-refractivity contribution < 1.29 is 4.79 Å². The summed E-state index contributed by atoms with van der Waals surface area (Å²) in [7, 11) is 0. The van der Waals surface area contributed by atoms with Crippen molar-refractivity contribution in [2.75, 3.05) is 31.1 Å². The number of fused-ring (bicyclic) bond motifs is 1. The molecule has 25 heavy (non-hydrogen) atoms. The van der Waals surface area contributed by atoms with Gasteiger partial charge in [0.05, 0.1) is 12.1 Å². The lowest BCUT2D eigenvalue weighted by Gasteiger charge is -2.35. The van der Waals surface area contributed by atoms with E-state index in [0.29, 0.717) is 11.8 Å². The van der Waals surface area contributed by atoms with Crippen LogP contribution < -0.4 is 4.90 Å². The Hall–Kier alpha value is -2.11. The molecular formula is C19H27N5O. The van der Waals surface area contributed by atoms with Crippen molar-refractivity contribution in [2.24, 2.45) is 5.92 Å². The highest BCUT2D eigenvalue weighted by molar-refractivity contribution is 5.80. The number of aromatic nitrogens is 3. The number of rotatable bonds is 3. The average Bonchev–Trinajstić information content (AvgIpc) is 3.31. The molecule has 4 heterocycles. The van der Waals surface area contributed by atoms with Crippen LogP contribution in [0.3, 0.4) is 0 Å². The lowest BCUT2D eigenvalue weighted by atomic mass is 9.96. The maximum atomic E-state index is 12.8. The zero-order chi connectivity index (χ0) is 17.4. The van der Waals surface area contributed by atoms with Crippen LogP contribution in [-0.4, -0.2) is 51.6 Å². The van der Waals surface area contributed by atoms with Crippen molar-refractivity contribution in [1.82, 2.24) is 19.5 Å². The van der Waals surface area contributed by atoms with Gasteiger partial charge in [-0.1, -0.05) is 13.8 Å². The second-order valence-corrected chi connectivity index (χ2v) is 7.61. The summed E-state index contributed by atoms with van der Waals surface area (Å²) in [6.45, 7) is 7.95. The van der Waals surface area contributed by atoms with E-state index in [0.717, 1.165) is 69.0 Å². The van der Waals surface area contributed by atoms with Gasteiger partial charge in [-0.15, -0.1) is 0 Å². The number of hydrogen-bond acceptors (Lipinski definition) is 4. The molecule has 1 atom stereocenters. The molecule has 6 heteroatoms. The number of carbonyl (C=O) groups is 1. The van der Waals surface area contributed by atoms with Crippen LogP contribution in [0.5, 0.6) is 0 Å². The van der Waals surface area contributed by atoms with Gasteiger partial charge in [-0.05, 0) is 31.6 Å². The van der Waals surface area contributed by atoms with Crippen molar-refractivity contribution >= 4 is 17.4 Å². The van der Waals surface area contributed by atoms with Gasteiger partial charge in [0.15, 0.2) is 5.65 Å². The van der Waals surface area contributed by atoms with Crippen LogP contribution in [0.1, 0.15) is 51.1 Å². The van der Waals surface area contributed by atoms with Crippen LogP contribution in [0.15, 0.2) is 18.3 Å². The fraction of sp³-hybridized carbons (Fsp3) is 0.632. The highest BCUT2D eigenvalue weighted by atomic mass is 16.2. The first-order valence-corrected chi connectivity index (χ1v) is 9.52. The van der Waals surface area contributed by atoms with Crippen molar-refractivity contribution in [3.63, 3.8) is 0 Å². The monoisotopic (exact) mass is 341 g/mol. The highest BCUT2D eigenvalue weighted by Crippen LogP contribution is 2.28. The van der Waals surface area contributed by atoms with E-state index in [4.69, 9.17) is 4.98 Å². The van der Waals surface area contributed by atoms with Gasteiger partial charge < -0.3 is 9.80 Å². The first-order valence-electron chi connectivity index (χ1n) is 9.52. The molecule has 1 unspecified atom stereocenters. The van der Waals surface area contributed by atoms with Crippen LogP contribution >= 0.6 is 0 Å². The van der Waals surface area contributed by atoms with Gasteiger partial charge in [-0.2, -0.15) is 9.61 Å². The SMILES string of the molecule is CC(C)c1cc(N2CCCC(C(=O)N3CCCC3)C2)n2nccc2n1. The Morgan fingerprint density at radius 2 is 2.00 bits per heavy atom. The zero-order valence-electron chi connectivity index (χ0n) is 15.2. The van der Waals surface area contributed by atoms with Gasteiger partial charge in [0.2, 0.25) is 5.91 Å². The second-order valence-electron chi connectivity index (χ2n) is 7.61. The predicted molar refractivity (Wildman–Crippen MR) is 97.8 cm³/mol. The molecule has 1 amide bonds. The molecule has 2 aliphatic rings. The van der Waals surface area contributed by atoms with Crippen molar-refractivity contribution in [2.45, 2.75) is 45.4 Å². The molecule has 0 spiro atoms. The van der Waals surface area contributed by atoms with Gasteiger partial charge in [0.25, 0.3) is 0 Å². The van der Waals surface area contributed by atoms with Crippen molar-refractivity contribution in [3.05, 3.63) is 24.0 Å². The molecule has 0 radical (unpaired) electrons. The lowest BCUT2D eigenvalue weighted by molar-refractivity contribution is -0.134. The largest absolute Gasteiger partial charge is 0.356 e. The maximum absolute atomic E-state index is 12.8. The Morgan fingerprint density at radius 3 is 2.76 bits per heavy atom. The molecule has 0 aliphatic carbocycles. The molecule has 4 rings (SSSR count). The van der Waals surface area contributed by atoms with E-state index in [1.165, 1.54) is 0 Å². The summed E-state index contributed by atoms with van der Waals surface area (Å²) in [6, 6.07) is 4.10. The first-order chi connectivity index (χ1) is 12.1. The molecule has 2 saturated heterocycles. The van der Waals surface area contributed by atoms with Crippen LogP contribution in [-0.2, 0) is 4.79 Å². The quantitative estimate of drug-likeness (QED) is 0.861. The summed E-state index contributed by atoms with van der Waals surface area (Å²) in [5, 5.41) is 4.46. The number of nitrogens with zero attached hydrogens (tertiary/aromatic N) is 5. The summed E-state index contributed by atoms with van der Waals surface area (Å²) in [5.41, 5.74) is 1.96. The Bertz CT molecular complexity index is 762. The molecule has 134 valence electrons. The van der Waals surface area contributed by atoms with E-state index in [1.807, 2.05) is 10.6 Å². The van der Waals surface area contributed by atoms with Crippen LogP contribution in [0, 0.1) is 5.92 Å². The van der Waals surface area contributed by atoms with Gasteiger partial charge in [-0.3, -0.25) is 4.79 Å². The fourth-order valence-electron chi connectivity index (χ4n) is 4.02. The maximum Gasteiger partial charge on any atom is 0.227 e. The van der Waals surface area contributed by atoms with E-state index in [1.54, 1.807) is 6.20 Å². The summed E-state index contributed by atoms with van der Waals surface area (Å²) in [4.78, 5) is 21.9. The van der Waals surface area contributed by atoms with E-state index in [2.05, 4.69) is 34.8 Å². The smallest absolute Gasteiger partial charge is 0.227 e. The van der Waals surface area contributed by atoms with E-state index in [-0.39, 0.29) is 5.92 Å². The summed E-state index contributed by atoms with van der Waals surface area (Å²) in [5.74, 6) is 1.88. The standard InChI is InChI=1S/C19H27N5O/c1-14(2)16-12-18(24-17(21-16)7-8-20-24)23-11-5-6-15(13-23)19(25)22-9-3-4-10-22/h7-8,12,14-15H,3-6,9-11,13H2,1-2H3. The third-order valence-corrected chi connectivity index (χ3v) is 5.46. The molecule has 2 fully saturated rings. The third-order valence-electron chi connectivity index (χ3n) is 5.46. The van der Waals surface area contributed by atoms with Crippen LogP contribution in [0.2, 0.25) is 0 Å². The Balaban J connectivity index is 1.61. The number of piperidine rings is 1. The second kappa shape index (κ2) is 6.65. The topological polar surface area (TPSA) is 53.7 Å². The number of carbonyl (C=O) groups excluding carboxylic acids is 1. The Morgan fingerprint density at radius 1 is 1.20 bits per heavy atom. The zero-order valence-corrected chi connectivity index (χ0v) is 15.2. The molecule has 2 aliphatic heterocycles. The van der Waals surface area contributed by atoms with E-state index in [9.17, 15) is 4.79 Å². The van der Waals surface area contributed by atoms with Gasteiger partial charge >= 0.3 is 0 Å². The van der Waals surface area contributed by atoms with Crippen molar-refractivity contribution in [1.29, 1.82) is 0 Å². The minimum absolute atomic E-state index is 0.105. The lowest BCUT2D eigenvalue weighted by Crippen LogP contribution is -2.44. The third kappa shape index (κ3) is 3.10. The molecule has 0 bridgehead atoms. The van der Waals surface area contributed by atoms with Crippen LogP contribution in [0.4, 0.5) is 5.82 Å². The normalized spacial score (nSPS) is 21.5. The molecular weight excluding hydrogens is 314 g/mol. The van der Waals surface area contributed by atoms with Gasteiger partial charge in [0.1, 0.15) is 5.82 Å². The van der Waals surface area contributed by atoms with Crippen LogP contribution in [0.25, 0.3) is 5.65 Å². The number of amides is 1. The van der Waals surface area contributed by atoms with E-state index >= 15 is 0 Å². The predicted octanol–water partition coefficient (Wildman–Crippen LogP) is 2.69. The summed E-state index contributed by atoms with van der Waals surface area (Å²) < 4.78 is 1.91. The summed E-state index contributed by atoms with van der Waals surface area (Å²) >= 11 is 0. The minimum atomic E-state index is 0.105. The molecule has 0 N–H and O–H groups in total. The Kier molecular flexibility index (Phi) is 4.36. The minimum Gasteiger partial charge on any atom is -0.356 e. The highest BCUT2D eigenvalue weighted by Gasteiger charge is 2.31. The molecule has 0 aromatic carbocycles. The van der Waals surface area contributed by atoms with Gasteiger partial charge in [0, 0.05) is 44.0 Å². The first kappa shape index (κ1) is 16.4. The molecule has 2 aromatic heterocycles. The molecule has 6 nitrogen and oxygen atoms in total. The number of anilines is 1. The summed E-state index contributed by atoms with van der Waals surface area (Å²) in [6.07, 6.45) is 6.14. The van der Waals surface area contributed by atoms with Crippen molar-refractivity contribution in [3.8, 4) is 0 Å². The number of hydrogen-bond donors (Lipinski definition) is 0. The molecule has 0 saturated carbocycles.